The fourth-order valence-corrected chi connectivity index (χ4v) is 2.55. The Bertz CT molecular complexity index is 644. The van der Waals surface area contributed by atoms with Crippen molar-refractivity contribution in [2.75, 3.05) is 21.3 Å². The number of esters is 1. The lowest BCUT2D eigenvalue weighted by atomic mass is 9.92. The van der Waals surface area contributed by atoms with E-state index >= 15 is 0 Å². The molecule has 1 fully saturated rings. The Labute approximate surface area is 122 Å². The zero-order chi connectivity index (χ0) is 15.8. The van der Waals surface area contributed by atoms with Gasteiger partial charge in [0.2, 0.25) is 0 Å². The van der Waals surface area contributed by atoms with Crippen LogP contribution in [0.4, 0.5) is 4.39 Å². The molecule has 0 aromatic heterocycles. The summed E-state index contributed by atoms with van der Waals surface area (Å²) in [7, 11) is 3.91. The maximum atomic E-state index is 14.8. The standard InChI is InChI=1S/C15H16FNO4/c1-8-9(14(18)21-5)10(15(17-2)6-7-15)11(16)13(20-4)12(8)19-3/h6-7H2,1,3-5H3. The summed E-state index contributed by atoms with van der Waals surface area (Å²) in [5, 5.41) is 0. The molecule has 5 nitrogen and oxygen atoms in total. The first-order valence-electron chi connectivity index (χ1n) is 6.38. The molecule has 1 aromatic rings. The van der Waals surface area contributed by atoms with E-state index in [1.165, 1.54) is 21.3 Å². The van der Waals surface area contributed by atoms with E-state index in [9.17, 15) is 9.18 Å². The first-order valence-corrected chi connectivity index (χ1v) is 6.38. The van der Waals surface area contributed by atoms with Gasteiger partial charge in [0.25, 0.3) is 5.54 Å². The summed E-state index contributed by atoms with van der Waals surface area (Å²) in [6.45, 7) is 8.95. The Morgan fingerprint density at radius 1 is 1.24 bits per heavy atom. The van der Waals surface area contributed by atoms with Crippen LogP contribution in [-0.2, 0) is 10.3 Å². The number of halogens is 1. The van der Waals surface area contributed by atoms with Gasteiger partial charge in [-0.15, -0.1) is 0 Å². The monoisotopic (exact) mass is 293 g/mol. The number of methoxy groups -OCH3 is 3. The smallest absolute Gasteiger partial charge is 0.338 e. The molecule has 0 spiro atoms. The van der Waals surface area contributed by atoms with Crippen molar-refractivity contribution < 1.29 is 23.4 Å². The average Bonchev–Trinajstić information content (AvgIpc) is 3.28. The molecule has 6 heteroatoms. The van der Waals surface area contributed by atoms with E-state index in [0.29, 0.717) is 18.4 Å². The van der Waals surface area contributed by atoms with Gasteiger partial charge in [0.05, 0.1) is 32.5 Å². The van der Waals surface area contributed by atoms with E-state index in [2.05, 4.69) is 4.85 Å². The third kappa shape index (κ3) is 2.09. The van der Waals surface area contributed by atoms with E-state index in [1.807, 2.05) is 0 Å². The van der Waals surface area contributed by atoms with Crippen molar-refractivity contribution in [3.05, 3.63) is 33.9 Å². The van der Waals surface area contributed by atoms with Crippen LogP contribution < -0.4 is 9.47 Å². The quantitative estimate of drug-likeness (QED) is 0.632. The van der Waals surface area contributed by atoms with Gasteiger partial charge in [-0.05, 0) is 6.92 Å². The lowest BCUT2D eigenvalue weighted by Crippen LogP contribution is -2.18. The topological polar surface area (TPSA) is 49.1 Å². The minimum atomic E-state index is -1.00. The molecule has 0 N–H and O–H groups in total. The highest BCUT2D eigenvalue weighted by Crippen LogP contribution is 2.55. The third-order valence-electron chi connectivity index (χ3n) is 3.79. The summed E-state index contributed by atoms with van der Waals surface area (Å²) in [4.78, 5) is 15.6. The summed E-state index contributed by atoms with van der Waals surface area (Å²) in [6, 6.07) is 0. The normalized spacial score (nSPS) is 15.0. The molecule has 0 unspecified atom stereocenters. The minimum absolute atomic E-state index is 0.0551. The van der Waals surface area contributed by atoms with Crippen molar-refractivity contribution in [1.82, 2.24) is 0 Å². The van der Waals surface area contributed by atoms with Crippen LogP contribution in [0.3, 0.4) is 0 Å². The van der Waals surface area contributed by atoms with E-state index < -0.39 is 17.3 Å². The van der Waals surface area contributed by atoms with Crippen LogP contribution in [0.25, 0.3) is 4.85 Å². The van der Waals surface area contributed by atoms with Crippen LogP contribution in [0.5, 0.6) is 11.5 Å². The lowest BCUT2D eigenvalue weighted by molar-refractivity contribution is 0.0596. The zero-order valence-electron chi connectivity index (χ0n) is 12.4. The Morgan fingerprint density at radius 3 is 2.19 bits per heavy atom. The Balaban J connectivity index is 2.88. The van der Waals surface area contributed by atoms with Gasteiger partial charge in [-0.1, -0.05) is 0 Å². The maximum Gasteiger partial charge on any atom is 0.338 e. The minimum Gasteiger partial charge on any atom is -0.492 e. The average molecular weight is 293 g/mol. The maximum absolute atomic E-state index is 14.8. The molecule has 112 valence electrons. The van der Waals surface area contributed by atoms with Crippen molar-refractivity contribution in [3.63, 3.8) is 0 Å². The predicted molar refractivity (Wildman–Crippen MR) is 73.1 cm³/mol. The van der Waals surface area contributed by atoms with Crippen LogP contribution >= 0.6 is 0 Å². The molecule has 0 saturated heterocycles. The molecule has 0 atom stereocenters. The molecule has 0 radical (unpaired) electrons. The number of ether oxygens (including phenoxy) is 3. The van der Waals surface area contributed by atoms with Gasteiger partial charge in [-0.3, -0.25) is 0 Å². The molecule has 0 heterocycles. The van der Waals surface area contributed by atoms with Crippen LogP contribution in [-0.4, -0.2) is 27.3 Å². The summed E-state index contributed by atoms with van der Waals surface area (Å²) in [5.74, 6) is -1.36. The second-order valence-corrected chi connectivity index (χ2v) is 4.89. The molecule has 1 saturated carbocycles. The number of carbonyl (C=O) groups excluding carboxylic acids is 1. The Morgan fingerprint density at radius 2 is 1.81 bits per heavy atom. The molecule has 1 aliphatic carbocycles. The molecule has 2 rings (SSSR count). The second-order valence-electron chi connectivity index (χ2n) is 4.89. The summed E-state index contributed by atoms with van der Waals surface area (Å²) in [5.41, 5.74) is -0.481. The number of carbonyl (C=O) groups is 1. The van der Waals surface area contributed by atoms with Crippen LogP contribution in [0.15, 0.2) is 0 Å². The lowest BCUT2D eigenvalue weighted by Gasteiger charge is -2.19. The number of rotatable bonds is 4. The number of nitrogens with zero attached hydrogens (tertiary/aromatic N) is 1. The first kappa shape index (κ1) is 15.1. The van der Waals surface area contributed by atoms with Crippen LogP contribution in [0.2, 0.25) is 0 Å². The highest BCUT2D eigenvalue weighted by Gasteiger charge is 2.57. The molecular weight excluding hydrogens is 277 g/mol. The van der Waals surface area contributed by atoms with Gasteiger partial charge in [-0.2, -0.15) is 0 Å². The van der Waals surface area contributed by atoms with Crippen molar-refractivity contribution in [2.24, 2.45) is 0 Å². The second kappa shape index (κ2) is 5.24. The molecular formula is C15H16FNO4. The fourth-order valence-electron chi connectivity index (χ4n) is 2.55. The van der Waals surface area contributed by atoms with E-state index in [1.54, 1.807) is 6.92 Å². The van der Waals surface area contributed by atoms with Crippen LogP contribution in [0, 0.1) is 19.3 Å². The SMILES string of the molecule is [C-]#[N+]C1(c2c(F)c(OC)c(OC)c(C)c2C(=O)OC)CC1. The zero-order valence-corrected chi connectivity index (χ0v) is 12.4. The van der Waals surface area contributed by atoms with E-state index in [0.717, 1.165) is 0 Å². The van der Waals surface area contributed by atoms with Crippen LogP contribution in [0.1, 0.15) is 34.3 Å². The van der Waals surface area contributed by atoms with Crippen molar-refractivity contribution in [3.8, 4) is 11.5 Å². The van der Waals surface area contributed by atoms with Crippen molar-refractivity contribution in [1.29, 1.82) is 0 Å². The molecule has 0 amide bonds. The van der Waals surface area contributed by atoms with Gasteiger partial charge in [0, 0.05) is 18.4 Å². The largest absolute Gasteiger partial charge is 0.492 e. The van der Waals surface area contributed by atoms with Crippen molar-refractivity contribution in [2.45, 2.75) is 25.3 Å². The number of hydrogen-bond donors (Lipinski definition) is 0. The molecule has 21 heavy (non-hydrogen) atoms. The molecule has 1 aromatic carbocycles. The summed E-state index contributed by atoms with van der Waals surface area (Å²) in [6.07, 6.45) is 1.01. The van der Waals surface area contributed by atoms with E-state index in [-0.39, 0.29) is 22.6 Å². The predicted octanol–water partition coefficient (Wildman–Crippen LogP) is 2.85. The third-order valence-corrected chi connectivity index (χ3v) is 3.79. The fraction of sp³-hybridized carbons (Fsp3) is 0.467. The highest BCUT2D eigenvalue weighted by molar-refractivity contribution is 5.95. The molecule has 0 aliphatic heterocycles. The Hall–Kier alpha value is -2.29. The first-order chi connectivity index (χ1) is 9.97. The van der Waals surface area contributed by atoms with Gasteiger partial charge in [-0.25, -0.2) is 15.8 Å². The van der Waals surface area contributed by atoms with Gasteiger partial charge in [0.15, 0.2) is 17.3 Å². The van der Waals surface area contributed by atoms with Gasteiger partial charge in [0.1, 0.15) is 0 Å². The molecule has 1 aliphatic rings. The summed E-state index contributed by atoms with van der Waals surface area (Å²) >= 11 is 0. The number of hydrogen-bond acceptors (Lipinski definition) is 4. The van der Waals surface area contributed by atoms with E-state index in [4.69, 9.17) is 20.8 Å². The molecule has 0 bridgehead atoms. The highest BCUT2D eigenvalue weighted by atomic mass is 19.1. The summed E-state index contributed by atoms with van der Waals surface area (Å²) < 4.78 is 29.8. The van der Waals surface area contributed by atoms with Gasteiger partial charge >= 0.3 is 5.97 Å². The van der Waals surface area contributed by atoms with Gasteiger partial charge < -0.3 is 19.1 Å². The Kier molecular flexibility index (Phi) is 3.77. The van der Waals surface area contributed by atoms with Crippen molar-refractivity contribution >= 4 is 5.97 Å². The number of benzene rings is 1.